The molecule has 0 saturated heterocycles. The van der Waals surface area contributed by atoms with Gasteiger partial charge < -0.3 is 5.73 Å². The number of nitrogens with zero attached hydrogens (tertiary/aromatic N) is 1. The molecule has 1 aliphatic rings. The first-order valence-corrected chi connectivity index (χ1v) is 14.9. The Balaban J connectivity index is 0.000000375. The van der Waals surface area contributed by atoms with Crippen LogP contribution in [0.2, 0.25) is 0 Å². The minimum Gasteiger partial charge on any atom is -0.399 e. The van der Waals surface area contributed by atoms with Crippen LogP contribution in [0.3, 0.4) is 0 Å². The van der Waals surface area contributed by atoms with E-state index >= 15 is 0 Å². The van der Waals surface area contributed by atoms with Crippen LogP contribution in [-0.2, 0) is 25.9 Å². The molecule has 4 rings (SSSR count). The molecule has 3 aromatic carbocycles. The highest BCUT2D eigenvalue weighted by atomic mass is 15.1. The number of nitrogen functional groups attached to an aromatic ring is 1. The molecule has 0 atom stereocenters. The lowest BCUT2D eigenvalue weighted by molar-refractivity contribution is 0.261. The lowest BCUT2D eigenvalue weighted by atomic mass is 9.89. The summed E-state index contributed by atoms with van der Waals surface area (Å²) in [5.41, 5.74) is 14.8. The molecule has 0 aromatic heterocycles. The van der Waals surface area contributed by atoms with Gasteiger partial charge in [0.1, 0.15) is 0 Å². The SMILES string of the molecule is C=C(CCC(CCC)CCC)c1ccc2c(c1)CN(Cc1ccccc1)CCC2.CCc1ccc(N)cc1. The normalized spacial score (nSPS) is 13.4. The van der Waals surface area contributed by atoms with E-state index in [4.69, 9.17) is 5.73 Å². The zero-order valence-corrected chi connectivity index (χ0v) is 24.2. The molecule has 0 spiro atoms. The maximum Gasteiger partial charge on any atom is 0.0314 e. The second kappa shape index (κ2) is 16.2. The maximum atomic E-state index is 5.48. The second-order valence-electron chi connectivity index (χ2n) is 11.0. The van der Waals surface area contributed by atoms with Gasteiger partial charge in [0.05, 0.1) is 0 Å². The highest BCUT2D eigenvalue weighted by Crippen LogP contribution is 2.28. The van der Waals surface area contributed by atoms with Crippen molar-refractivity contribution in [2.24, 2.45) is 5.92 Å². The van der Waals surface area contributed by atoms with Gasteiger partial charge in [-0.25, -0.2) is 0 Å². The van der Waals surface area contributed by atoms with Crippen molar-refractivity contribution >= 4 is 11.3 Å². The van der Waals surface area contributed by atoms with Gasteiger partial charge in [0.2, 0.25) is 0 Å². The van der Waals surface area contributed by atoms with Crippen LogP contribution in [0.25, 0.3) is 5.57 Å². The van der Waals surface area contributed by atoms with E-state index in [1.54, 1.807) is 0 Å². The summed E-state index contributed by atoms with van der Waals surface area (Å²) in [6, 6.07) is 26.0. The zero-order chi connectivity index (χ0) is 27.2. The third kappa shape index (κ3) is 9.80. The molecule has 38 heavy (non-hydrogen) atoms. The molecule has 3 aromatic rings. The molecule has 0 aliphatic carbocycles. The summed E-state index contributed by atoms with van der Waals surface area (Å²) in [4.78, 5) is 2.60. The van der Waals surface area contributed by atoms with Gasteiger partial charge in [0.25, 0.3) is 0 Å². The van der Waals surface area contributed by atoms with Gasteiger partial charge in [-0.05, 0) is 96.2 Å². The summed E-state index contributed by atoms with van der Waals surface area (Å²) >= 11 is 0. The van der Waals surface area contributed by atoms with Crippen molar-refractivity contribution in [2.75, 3.05) is 12.3 Å². The Kier molecular flexibility index (Phi) is 12.7. The molecule has 0 bridgehead atoms. The van der Waals surface area contributed by atoms with E-state index in [1.165, 1.54) is 84.9 Å². The Bertz CT molecular complexity index is 1080. The Hall–Kier alpha value is -2.84. The molecule has 2 nitrogen and oxygen atoms in total. The molecular weight excluding hydrogens is 460 g/mol. The van der Waals surface area contributed by atoms with Crippen LogP contribution in [0.1, 0.15) is 93.5 Å². The lowest BCUT2D eigenvalue weighted by Gasteiger charge is -2.21. The fourth-order valence-corrected chi connectivity index (χ4v) is 5.55. The number of benzene rings is 3. The van der Waals surface area contributed by atoms with Crippen molar-refractivity contribution in [1.82, 2.24) is 4.90 Å². The number of fused-ring (bicyclic) bond motifs is 1. The monoisotopic (exact) mass is 510 g/mol. The molecular formula is C36H50N2. The molecule has 204 valence electrons. The first kappa shape index (κ1) is 29.7. The Morgan fingerprint density at radius 2 is 1.55 bits per heavy atom. The van der Waals surface area contributed by atoms with Gasteiger partial charge in [-0.3, -0.25) is 4.90 Å². The number of nitrogens with two attached hydrogens (primary N) is 1. The molecule has 1 heterocycles. The van der Waals surface area contributed by atoms with E-state index < -0.39 is 0 Å². The summed E-state index contributed by atoms with van der Waals surface area (Å²) < 4.78 is 0. The number of allylic oxidation sites excluding steroid dienone is 1. The van der Waals surface area contributed by atoms with Gasteiger partial charge in [-0.15, -0.1) is 0 Å². The summed E-state index contributed by atoms with van der Waals surface area (Å²) in [6.45, 7) is 14.5. The van der Waals surface area contributed by atoms with Crippen molar-refractivity contribution in [2.45, 2.75) is 91.6 Å². The molecule has 0 unspecified atom stereocenters. The number of hydrogen-bond acceptors (Lipinski definition) is 2. The molecule has 1 aliphatic heterocycles. The van der Waals surface area contributed by atoms with Crippen LogP contribution in [0, 0.1) is 5.92 Å². The summed E-state index contributed by atoms with van der Waals surface area (Å²) in [7, 11) is 0. The molecule has 0 fully saturated rings. The predicted octanol–water partition coefficient (Wildman–Crippen LogP) is 9.48. The van der Waals surface area contributed by atoms with E-state index in [-0.39, 0.29) is 0 Å². The average Bonchev–Trinajstić information content (AvgIpc) is 3.14. The molecule has 0 saturated carbocycles. The van der Waals surface area contributed by atoms with Crippen LogP contribution in [0.15, 0.2) is 79.4 Å². The van der Waals surface area contributed by atoms with Crippen LogP contribution in [0.5, 0.6) is 0 Å². The molecule has 0 amide bonds. The zero-order valence-electron chi connectivity index (χ0n) is 24.2. The van der Waals surface area contributed by atoms with Crippen LogP contribution >= 0.6 is 0 Å². The quantitative estimate of drug-likeness (QED) is 0.260. The third-order valence-electron chi connectivity index (χ3n) is 7.81. The number of rotatable bonds is 11. The van der Waals surface area contributed by atoms with Gasteiger partial charge in [0.15, 0.2) is 0 Å². The minimum absolute atomic E-state index is 0.840. The molecule has 2 heteroatoms. The van der Waals surface area contributed by atoms with E-state index in [2.05, 4.69) is 92.9 Å². The van der Waals surface area contributed by atoms with E-state index in [0.29, 0.717) is 0 Å². The first-order chi connectivity index (χ1) is 18.5. The smallest absolute Gasteiger partial charge is 0.0314 e. The topological polar surface area (TPSA) is 29.3 Å². The van der Waals surface area contributed by atoms with Gasteiger partial charge >= 0.3 is 0 Å². The van der Waals surface area contributed by atoms with Crippen molar-refractivity contribution in [3.05, 3.63) is 107 Å². The minimum atomic E-state index is 0.840. The second-order valence-corrected chi connectivity index (χ2v) is 11.0. The summed E-state index contributed by atoms with van der Waals surface area (Å²) in [5.74, 6) is 0.865. The maximum absolute atomic E-state index is 5.48. The summed E-state index contributed by atoms with van der Waals surface area (Å²) in [5, 5.41) is 0. The van der Waals surface area contributed by atoms with E-state index in [9.17, 15) is 0 Å². The average molecular weight is 511 g/mol. The van der Waals surface area contributed by atoms with Crippen LogP contribution in [0.4, 0.5) is 5.69 Å². The Labute approximate surface area is 233 Å². The van der Waals surface area contributed by atoms with Gasteiger partial charge in [-0.2, -0.15) is 0 Å². The first-order valence-electron chi connectivity index (χ1n) is 14.9. The fourth-order valence-electron chi connectivity index (χ4n) is 5.55. The number of hydrogen-bond donors (Lipinski definition) is 1. The summed E-state index contributed by atoms with van der Waals surface area (Å²) in [6.07, 6.45) is 11.3. The van der Waals surface area contributed by atoms with Crippen LogP contribution < -0.4 is 5.73 Å². The number of anilines is 1. The highest BCUT2D eigenvalue weighted by molar-refractivity contribution is 5.64. The van der Waals surface area contributed by atoms with Gasteiger partial charge in [-0.1, -0.05) is 108 Å². The Morgan fingerprint density at radius 1 is 0.842 bits per heavy atom. The fraction of sp³-hybridized carbons (Fsp3) is 0.444. The number of aryl methyl sites for hydroxylation is 2. The van der Waals surface area contributed by atoms with Crippen molar-refractivity contribution in [3.8, 4) is 0 Å². The predicted molar refractivity (Wildman–Crippen MR) is 167 cm³/mol. The molecule has 0 radical (unpaired) electrons. The Morgan fingerprint density at radius 3 is 2.21 bits per heavy atom. The van der Waals surface area contributed by atoms with E-state index in [0.717, 1.165) is 37.5 Å². The van der Waals surface area contributed by atoms with Crippen molar-refractivity contribution in [3.63, 3.8) is 0 Å². The van der Waals surface area contributed by atoms with Crippen LogP contribution in [-0.4, -0.2) is 11.4 Å². The highest BCUT2D eigenvalue weighted by Gasteiger charge is 2.16. The van der Waals surface area contributed by atoms with Crippen molar-refractivity contribution < 1.29 is 0 Å². The largest absolute Gasteiger partial charge is 0.399 e. The van der Waals surface area contributed by atoms with Gasteiger partial charge in [0, 0.05) is 18.8 Å². The van der Waals surface area contributed by atoms with E-state index in [1.807, 2.05) is 12.1 Å². The standard InChI is InChI=1S/C28H39N.C8H11N/c1-4-10-24(11-5-2)16-15-23(3)27-18-17-26-14-9-19-29(22-28(26)20-27)21-25-12-7-6-8-13-25;1-2-7-3-5-8(9)6-4-7/h6-8,12-13,17-18,20,24H,3-5,9-11,14-16,19,21-22H2,1-2H3;3-6H,2,9H2,1H3. The lowest BCUT2D eigenvalue weighted by Crippen LogP contribution is -2.22. The molecule has 2 N–H and O–H groups in total. The third-order valence-corrected chi connectivity index (χ3v) is 7.81. The van der Waals surface area contributed by atoms with Crippen molar-refractivity contribution in [1.29, 1.82) is 0 Å².